The molecule has 6 nitrogen and oxygen atoms in total. The van der Waals surface area contributed by atoms with Crippen molar-refractivity contribution in [2.24, 2.45) is 0 Å². The molecule has 0 bridgehead atoms. The summed E-state index contributed by atoms with van der Waals surface area (Å²) in [5, 5.41) is 3.00. The summed E-state index contributed by atoms with van der Waals surface area (Å²) in [6, 6.07) is 10.2. The largest absolute Gasteiger partial charge is 0.298 e. The van der Waals surface area contributed by atoms with Crippen LogP contribution in [0, 0.1) is 5.82 Å². The number of fused-ring (bicyclic) bond motifs is 1. The molecule has 2 aromatic carbocycles. The van der Waals surface area contributed by atoms with E-state index in [1.54, 1.807) is 6.07 Å². The molecule has 0 fully saturated rings. The Balaban J connectivity index is 1.76. The molecule has 0 aliphatic heterocycles. The molecule has 3 aromatic rings. The number of halogens is 1. The third kappa shape index (κ3) is 3.87. The third-order valence-electron chi connectivity index (χ3n) is 3.02. The van der Waals surface area contributed by atoms with Gasteiger partial charge >= 0.3 is 0 Å². The van der Waals surface area contributed by atoms with Crippen LogP contribution in [-0.4, -0.2) is 25.6 Å². The van der Waals surface area contributed by atoms with E-state index in [9.17, 15) is 17.6 Å². The van der Waals surface area contributed by atoms with E-state index in [0.717, 1.165) is 6.26 Å². The molecule has 0 atom stereocenters. The second-order valence-electron chi connectivity index (χ2n) is 5.04. The van der Waals surface area contributed by atoms with Crippen molar-refractivity contribution < 1.29 is 17.6 Å². The fourth-order valence-electron chi connectivity index (χ4n) is 2.02. The van der Waals surface area contributed by atoms with Crippen molar-refractivity contribution in [3.63, 3.8) is 0 Å². The molecule has 0 aliphatic carbocycles. The molecule has 0 saturated heterocycles. The molecule has 2 N–H and O–H groups in total. The molecule has 3 rings (SSSR count). The fourth-order valence-corrected chi connectivity index (χ4v) is 3.47. The van der Waals surface area contributed by atoms with E-state index < -0.39 is 10.0 Å². The minimum atomic E-state index is -3.37. The number of thiazole rings is 1. The Hall–Kier alpha value is -2.52. The molecule has 0 radical (unpaired) electrons. The van der Waals surface area contributed by atoms with Gasteiger partial charge in [-0.2, -0.15) is 0 Å². The number of carbonyl (C=O) groups excluding carboxylic acids is 1. The van der Waals surface area contributed by atoms with Gasteiger partial charge in [0.05, 0.1) is 16.5 Å². The van der Waals surface area contributed by atoms with E-state index in [2.05, 4.69) is 15.0 Å². The Labute approximate surface area is 141 Å². The number of carbonyl (C=O) groups is 1. The second kappa shape index (κ2) is 6.17. The quantitative estimate of drug-likeness (QED) is 0.744. The Morgan fingerprint density at radius 2 is 1.88 bits per heavy atom. The molecule has 24 heavy (non-hydrogen) atoms. The highest BCUT2D eigenvalue weighted by molar-refractivity contribution is 7.92. The van der Waals surface area contributed by atoms with Gasteiger partial charge in [0.25, 0.3) is 5.91 Å². The van der Waals surface area contributed by atoms with Crippen LogP contribution in [0.5, 0.6) is 0 Å². The lowest BCUT2D eigenvalue weighted by Crippen LogP contribution is -2.12. The van der Waals surface area contributed by atoms with Gasteiger partial charge in [0, 0.05) is 11.3 Å². The standard InChI is InChI=1S/C15H12FN3O3S2/c1-24(21,22)19-11-5-2-9(3-6-11)14(20)18-15-17-12-7-4-10(16)8-13(12)23-15/h2-8,19H,1H3,(H,17,18,20). The first-order valence-corrected chi connectivity index (χ1v) is 9.46. The first kappa shape index (κ1) is 16.3. The number of nitrogens with one attached hydrogen (secondary N) is 2. The zero-order valence-corrected chi connectivity index (χ0v) is 14.0. The van der Waals surface area contributed by atoms with Crippen molar-refractivity contribution in [1.29, 1.82) is 0 Å². The highest BCUT2D eigenvalue weighted by Crippen LogP contribution is 2.26. The van der Waals surface area contributed by atoms with Crippen LogP contribution >= 0.6 is 11.3 Å². The number of hydrogen-bond acceptors (Lipinski definition) is 5. The third-order valence-corrected chi connectivity index (χ3v) is 4.56. The lowest BCUT2D eigenvalue weighted by atomic mass is 10.2. The van der Waals surface area contributed by atoms with Gasteiger partial charge in [-0.15, -0.1) is 0 Å². The predicted octanol–water partition coefficient (Wildman–Crippen LogP) is 3.06. The molecule has 1 amide bonds. The van der Waals surface area contributed by atoms with Crippen molar-refractivity contribution in [3.05, 3.63) is 53.8 Å². The number of amides is 1. The van der Waals surface area contributed by atoms with Gasteiger partial charge in [0.1, 0.15) is 5.82 Å². The highest BCUT2D eigenvalue weighted by Gasteiger charge is 2.11. The Bertz CT molecular complexity index is 1010. The number of anilines is 2. The van der Waals surface area contributed by atoms with Gasteiger partial charge in [-0.25, -0.2) is 17.8 Å². The maximum Gasteiger partial charge on any atom is 0.257 e. The number of benzene rings is 2. The first-order chi connectivity index (χ1) is 11.3. The van der Waals surface area contributed by atoms with Crippen LogP contribution in [0.2, 0.25) is 0 Å². The normalized spacial score (nSPS) is 11.4. The second-order valence-corrected chi connectivity index (χ2v) is 7.82. The van der Waals surface area contributed by atoms with Gasteiger partial charge in [-0.3, -0.25) is 14.8 Å². The summed E-state index contributed by atoms with van der Waals surface area (Å²) >= 11 is 1.17. The lowest BCUT2D eigenvalue weighted by Gasteiger charge is -2.05. The molecule has 124 valence electrons. The van der Waals surface area contributed by atoms with Crippen LogP contribution < -0.4 is 10.0 Å². The van der Waals surface area contributed by atoms with Crippen molar-refractivity contribution in [2.45, 2.75) is 0 Å². The average Bonchev–Trinajstić information content (AvgIpc) is 2.87. The topological polar surface area (TPSA) is 88.2 Å². The minimum Gasteiger partial charge on any atom is -0.298 e. The van der Waals surface area contributed by atoms with Crippen LogP contribution in [0.4, 0.5) is 15.2 Å². The summed E-state index contributed by atoms with van der Waals surface area (Å²) in [6.07, 6.45) is 1.05. The van der Waals surface area contributed by atoms with Crippen LogP contribution in [0.15, 0.2) is 42.5 Å². The summed E-state index contributed by atoms with van der Waals surface area (Å²) in [4.78, 5) is 16.4. The van der Waals surface area contributed by atoms with E-state index in [1.807, 2.05) is 0 Å². The molecule has 9 heteroatoms. The van der Waals surface area contributed by atoms with Gasteiger partial charge in [0.15, 0.2) is 5.13 Å². The number of hydrogen-bond donors (Lipinski definition) is 2. The number of rotatable bonds is 4. The van der Waals surface area contributed by atoms with Crippen molar-refractivity contribution in [1.82, 2.24) is 4.98 Å². The zero-order chi connectivity index (χ0) is 17.3. The summed E-state index contributed by atoms with van der Waals surface area (Å²) < 4.78 is 38.4. The van der Waals surface area contributed by atoms with E-state index in [4.69, 9.17) is 0 Å². The zero-order valence-electron chi connectivity index (χ0n) is 12.4. The number of nitrogens with zero attached hydrogens (tertiary/aromatic N) is 1. The number of aromatic nitrogens is 1. The fraction of sp³-hybridized carbons (Fsp3) is 0.0667. The minimum absolute atomic E-state index is 0.347. The van der Waals surface area contributed by atoms with Crippen LogP contribution in [0.1, 0.15) is 10.4 Å². The predicted molar refractivity (Wildman–Crippen MR) is 92.4 cm³/mol. The average molecular weight is 365 g/mol. The SMILES string of the molecule is CS(=O)(=O)Nc1ccc(C(=O)Nc2nc3ccc(F)cc3s2)cc1. The van der Waals surface area contributed by atoms with E-state index >= 15 is 0 Å². The Morgan fingerprint density at radius 3 is 2.54 bits per heavy atom. The van der Waals surface area contributed by atoms with E-state index in [0.29, 0.717) is 26.6 Å². The molecule has 0 spiro atoms. The van der Waals surface area contributed by atoms with Gasteiger partial charge in [-0.05, 0) is 42.5 Å². The van der Waals surface area contributed by atoms with Crippen molar-refractivity contribution >= 4 is 48.3 Å². The highest BCUT2D eigenvalue weighted by atomic mass is 32.2. The van der Waals surface area contributed by atoms with Gasteiger partial charge < -0.3 is 0 Å². The maximum absolute atomic E-state index is 13.2. The molecular formula is C15H12FN3O3S2. The summed E-state index contributed by atoms with van der Waals surface area (Å²) in [5.74, 6) is -0.751. The van der Waals surface area contributed by atoms with Crippen LogP contribution in [0.3, 0.4) is 0 Å². The molecule has 0 unspecified atom stereocenters. The molecular weight excluding hydrogens is 353 g/mol. The smallest absolute Gasteiger partial charge is 0.257 e. The summed E-state index contributed by atoms with van der Waals surface area (Å²) in [6.45, 7) is 0. The summed E-state index contributed by atoms with van der Waals surface area (Å²) in [5.41, 5.74) is 1.31. The lowest BCUT2D eigenvalue weighted by molar-refractivity contribution is 0.102. The molecule has 0 aliphatic rings. The maximum atomic E-state index is 13.2. The van der Waals surface area contributed by atoms with Crippen LogP contribution in [0.25, 0.3) is 10.2 Å². The molecule has 0 saturated carbocycles. The van der Waals surface area contributed by atoms with E-state index in [-0.39, 0.29) is 11.7 Å². The van der Waals surface area contributed by atoms with Gasteiger partial charge in [-0.1, -0.05) is 11.3 Å². The monoisotopic (exact) mass is 365 g/mol. The first-order valence-electron chi connectivity index (χ1n) is 6.75. The Morgan fingerprint density at radius 1 is 1.17 bits per heavy atom. The number of sulfonamides is 1. The summed E-state index contributed by atoms with van der Waals surface area (Å²) in [7, 11) is -3.37. The molecule has 1 aromatic heterocycles. The van der Waals surface area contributed by atoms with Crippen molar-refractivity contribution in [3.8, 4) is 0 Å². The van der Waals surface area contributed by atoms with E-state index in [1.165, 1.54) is 47.7 Å². The van der Waals surface area contributed by atoms with Crippen molar-refractivity contribution in [2.75, 3.05) is 16.3 Å². The molecule has 1 heterocycles. The van der Waals surface area contributed by atoms with Crippen LogP contribution in [-0.2, 0) is 10.0 Å². The van der Waals surface area contributed by atoms with Gasteiger partial charge in [0.2, 0.25) is 10.0 Å². The Kier molecular flexibility index (Phi) is 4.20.